The zero-order valence-electron chi connectivity index (χ0n) is 9.66. The summed E-state index contributed by atoms with van der Waals surface area (Å²) in [4.78, 5) is 1.23. The second-order valence-corrected chi connectivity index (χ2v) is 5.91. The van der Waals surface area contributed by atoms with E-state index in [0.29, 0.717) is 6.04 Å². The van der Waals surface area contributed by atoms with Crippen LogP contribution >= 0.6 is 27.7 Å². The van der Waals surface area contributed by atoms with Gasteiger partial charge in [0, 0.05) is 27.7 Å². The molecule has 0 aromatic heterocycles. The maximum Gasteiger partial charge on any atom is 0.0525 e. The Labute approximate surface area is 110 Å². The minimum absolute atomic E-state index is 0.216. The van der Waals surface area contributed by atoms with Crippen LogP contribution in [0.15, 0.2) is 27.6 Å². The molecule has 4 heteroatoms. The molecule has 1 aromatic rings. The van der Waals surface area contributed by atoms with Crippen molar-refractivity contribution in [1.82, 2.24) is 5.32 Å². The Hall–Kier alpha value is -0.0300. The Morgan fingerprint density at radius 3 is 2.81 bits per heavy atom. The third kappa shape index (κ3) is 4.87. The second kappa shape index (κ2) is 7.33. The number of nitrogens with one attached hydrogen (secondary N) is 1. The molecule has 0 atom stereocenters. The van der Waals surface area contributed by atoms with Crippen LogP contribution in [-0.2, 0) is 6.54 Å². The monoisotopic (exact) mass is 303 g/mol. The van der Waals surface area contributed by atoms with Crippen LogP contribution in [0.3, 0.4) is 0 Å². The summed E-state index contributed by atoms with van der Waals surface area (Å²) in [6.07, 6.45) is 0. The molecule has 0 radical (unpaired) electrons. The number of hydrogen-bond donors (Lipinski definition) is 2. The van der Waals surface area contributed by atoms with Gasteiger partial charge in [-0.2, -0.15) is 0 Å². The minimum atomic E-state index is 0.216. The van der Waals surface area contributed by atoms with Crippen LogP contribution in [-0.4, -0.2) is 23.5 Å². The van der Waals surface area contributed by atoms with Gasteiger partial charge in [-0.15, -0.1) is 11.8 Å². The topological polar surface area (TPSA) is 32.3 Å². The average molecular weight is 304 g/mol. The lowest BCUT2D eigenvalue weighted by atomic mass is 10.2. The van der Waals surface area contributed by atoms with E-state index in [9.17, 15) is 0 Å². The van der Waals surface area contributed by atoms with Crippen LogP contribution in [0.2, 0.25) is 0 Å². The Morgan fingerprint density at radius 1 is 1.44 bits per heavy atom. The molecule has 2 N–H and O–H groups in total. The van der Waals surface area contributed by atoms with Gasteiger partial charge >= 0.3 is 0 Å². The van der Waals surface area contributed by atoms with E-state index in [1.165, 1.54) is 10.5 Å². The van der Waals surface area contributed by atoms with E-state index >= 15 is 0 Å². The maximum absolute atomic E-state index is 8.86. The van der Waals surface area contributed by atoms with E-state index in [-0.39, 0.29) is 6.61 Å². The van der Waals surface area contributed by atoms with Gasteiger partial charge in [-0.05, 0) is 17.7 Å². The second-order valence-electron chi connectivity index (χ2n) is 3.86. The van der Waals surface area contributed by atoms with Crippen molar-refractivity contribution in [3.63, 3.8) is 0 Å². The Morgan fingerprint density at radius 2 is 2.19 bits per heavy atom. The SMILES string of the molecule is CC(C)NCc1ccc(Br)cc1SCCO. The van der Waals surface area contributed by atoms with Crippen molar-refractivity contribution in [2.75, 3.05) is 12.4 Å². The Kier molecular flexibility index (Phi) is 6.43. The van der Waals surface area contributed by atoms with E-state index in [1.807, 2.05) is 0 Å². The zero-order valence-corrected chi connectivity index (χ0v) is 12.1. The summed E-state index contributed by atoms with van der Waals surface area (Å²) in [6, 6.07) is 6.77. The minimum Gasteiger partial charge on any atom is -0.396 e. The molecule has 0 aliphatic carbocycles. The van der Waals surface area contributed by atoms with E-state index in [1.54, 1.807) is 11.8 Å². The molecule has 0 aliphatic rings. The average Bonchev–Trinajstić information content (AvgIpc) is 2.24. The molecule has 0 fully saturated rings. The summed E-state index contributed by atoms with van der Waals surface area (Å²) in [5.74, 6) is 0.741. The first-order chi connectivity index (χ1) is 7.63. The van der Waals surface area contributed by atoms with Crippen molar-refractivity contribution < 1.29 is 5.11 Å². The molecule has 0 aliphatic heterocycles. The number of aliphatic hydroxyl groups excluding tert-OH is 1. The quantitative estimate of drug-likeness (QED) is 0.792. The van der Waals surface area contributed by atoms with Gasteiger partial charge in [-0.25, -0.2) is 0 Å². The third-order valence-electron chi connectivity index (χ3n) is 2.08. The lowest BCUT2D eigenvalue weighted by Gasteiger charge is -2.12. The number of rotatable bonds is 6. The van der Waals surface area contributed by atoms with Gasteiger partial charge in [0.05, 0.1) is 6.61 Å². The lowest BCUT2D eigenvalue weighted by Crippen LogP contribution is -2.22. The molecule has 0 spiro atoms. The van der Waals surface area contributed by atoms with Gasteiger partial charge in [-0.1, -0.05) is 35.8 Å². The fraction of sp³-hybridized carbons (Fsp3) is 0.500. The normalized spacial score (nSPS) is 11.1. The standard InChI is InChI=1S/C12H18BrNOS/c1-9(2)14-8-10-3-4-11(13)7-12(10)16-6-5-15/h3-4,7,9,14-15H,5-6,8H2,1-2H3. The van der Waals surface area contributed by atoms with E-state index in [2.05, 4.69) is 53.3 Å². The first-order valence-corrected chi connectivity index (χ1v) is 7.17. The highest BCUT2D eigenvalue weighted by atomic mass is 79.9. The fourth-order valence-electron chi connectivity index (χ4n) is 1.28. The predicted molar refractivity (Wildman–Crippen MR) is 73.9 cm³/mol. The van der Waals surface area contributed by atoms with E-state index < -0.39 is 0 Å². The van der Waals surface area contributed by atoms with Crippen LogP contribution in [0.25, 0.3) is 0 Å². The first kappa shape index (κ1) is 14.0. The van der Waals surface area contributed by atoms with Crippen LogP contribution in [0.5, 0.6) is 0 Å². The molecule has 90 valence electrons. The zero-order chi connectivity index (χ0) is 12.0. The van der Waals surface area contributed by atoms with Crippen LogP contribution in [0, 0.1) is 0 Å². The molecular formula is C12H18BrNOS. The highest BCUT2D eigenvalue weighted by Crippen LogP contribution is 2.26. The molecule has 1 aromatic carbocycles. The molecule has 0 saturated carbocycles. The summed E-state index contributed by atoms with van der Waals surface area (Å²) in [5.41, 5.74) is 1.29. The molecule has 0 saturated heterocycles. The number of halogens is 1. The molecule has 2 nitrogen and oxygen atoms in total. The summed E-state index contributed by atoms with van der Waals surface area (Å²) in [5, 5.41) is 12.3. The van der Waals surface area contributed by atoms with Crippen molar-refractivity contribution in [1.29, 1.82) is 0 Å². The van der Waals surface area contributed by atoms with Crippen molar-refractivity contribution in [3.8, 4) is 0 Å². The number of aliphatic hydroxyl groups is 1. The van der Waals surface area contributed by atoms with E-state index in [0.717, 1.165) is 16.8 Å². The number of thioether (sulfide) groups is 1. The largest absolute Gasteiger partial charge is 0.396 e. The smallest absolute Gasteiger partial charge is 0.0525 e. The predicted octanol–water partition coefficient (Wildman–Crippen LogP) is 3.03. The molecule has 1 rings (SSSR count). The fourth-order valence-corrected chi connectivity index (χ4v) is 2.64. The van der Waals surface area contributed by atoms with Crippen LogP contribution in [0.4, 0.5) is 0 Å². The van der Waals surface area contributed by atoms with Crippen LogP contribution < -0.4 is 5.32 Å². The van der Waals surface area contributed by atoms with Crippen molar-refractivity contribution in [3.05, 3.63) is 28.2 Å². The molecule has 0 bridgehead atoms. The Bertz CT molecular complexity index is 331. The van der Waals surface area contributed by atoms with Crippen molar-refractivity contribution in [2.24, 2.45) is 0 Å². The highest BCUT2D eigenvalue weighted by molar-refractivity contribution is 9.10. The maximum atomic E-state index is 8.86. The Balaban J connectivity index is 2.72. The van der Waals surface area contributed by atoms with Gasteiger partial charge in [0.15, 0.2) is 0 Å². The first-order valence-electron chi connectivity index (χ1n) is 5.39. The van der Waals surface area contributed by atoms with Gasteiger partial charge in [0.1, 0.15) is 0 Å². The molecule has 0 heterocycles. The highest BCUT2D eigenvalue weighted by Gasteiger charge is 2.04. The molecular weight excluding hydrogens is 286 g/mol. The van der Waals surface area contributed by atoms with Crippen LogP contribution in [0.1, 0.15) is 19.4 Å². The summed E-state index contributed by atoms with van der Waals surface area (Å²) in [6.45, 7) is 5.37. The summed E-state index contributed by atoms with van der Waals surface area (Å²) >= 11 is 5.16. The summed E-state index contributed by atoms with van der Waals surface area (Å²) < 4.78 is 1.08. The van der Waals surface area contributed by atoms with Crippen molar-refractivity contribution >= 4 is 27.7 Å². The van der Waals surface area contributed by atoms with E-state index in [4.69, 9.17) is 5.11 Å². The number of benzene rings is 1. The summed E-state index contributed by atoms with van der Waals surface area (Å²) in [7, 11) is 0. The lowest BCUT2D eigenvalue weighted by molar-refractivity contribution is 0.322. The molecule has 16 heavy (non-hydrogen) atoms. The van der Waals surface area contributed by atoms with Crippen molar-refractivity contribution in [2.45, 2.75) is 31.3 Å². The van der Waals surface area contributed by atoms with Gasteiger partial charge in [0.25, 0.3) is 0 Å². The molecule has 0 amide bonds. The van der Waals surface area contributed by atoms with Gasteiger partial charge in [-0.3, -0.25) is 0 Å². The van der Waals surface area contributed by atoms with Gasteiger partial charge in [0.2, 0.25) is 0 Å². The third-order valence-corrected chi connectivity index (χ3v) is 3.65. The number of hydrogen-bond acceptors (Lipinski definition) is 3. The molecule has 0 unspecified atom stereocenters. The van der Waals surface area contributed by atoms with Gasteiger partial charge < -0.3 is 10.4 Å².